The van der Waals surface area contributed by atoms with Gasteiger partial charge < -0.3 is 16.2 Å². The van der Waals surface area contributed by atoms with Gasteiger partial charge in [0.05, 0.1) is 0 Å². The topological polar surface area (TPSA) is 84.1 Å². The molecule has 0 bridgehead atoms. The Balaban J connectivity index is 2.63. The molecule has 18 heavy (non-hydrogen) atoms. The minimum absolute atomic E-state index is 0.261. The first-order valence-electron chi connectivity index (χ1n) is 6.55. The summed E-state index contributed by atoms with van der Waals surface area (Å²) in [4.78, 5) is 8.78. The lowest BCUT2D eigenvalue weighted by molar-refractivity contribution is 0.283. The number of hydrogen-bond donors (Lipinski definition) is 3. The molecule has 1 aromatic rings. The minimum atomic E-state index is 0.261. The first-order chi connectivity index (χ1) is 8.56. The summed E-state index contributed by atoms with van der Waals surface area (Å²) in [6, 6.07) is 0. The summed E-state index contributed by atoms with van der Waals surface area (Å²) in [7, 11) is 0. The zero-order valence-corrected chi connectivity index (χ0v) is 11.5. The predicted octanol–water partition coefficient (Wildman–Crippen LogP) is 2.07. The molecule has 0 amide bonds. The van der Waals surface area contributed by atoms with Gasteiger partial charge in [-0.25, -0.2) is 9.97 Å². The average molecular weight is 252 g/mol. The van der Waals surface area contributed by atoms with Crippen molar-refractivity contribution < 1.29 is 5.11 Å². The van der Waals surface area contributed by atoms with Crippen LogP contribution in [0.15, 0.2) is 0 Å². The van der Waals surface area contributed by atoms with Gasteiger partial charge in [-0.3, -0.25) is 0 Å². The smallest absolute Gasteiger partial charge is 0.135 e. The molecule has 0 aliphatic rings. The Bertz CT molecular complexity index is 379. The molecule has 1 rings (SSSR count). The molecule has 0 spiro atoms. The second-order valence-corrected chi connectivity index (χ2v) is 4.81. The molecule has 5 heteroatoms. The van der Waals surface area contributed by atoms with Crippen LogP contribution in [0.2, 0.25) is 0 Å². The quantitative estimate of drug-likeness (QED) is 0.647. The van der Waals surface area contributed by atoms with Crippen LogP contribution in [0.3, 0.4) is 0 Å². The molecule has 0 fully saturated rings. The van der Waals surface area contributed by atoms with E-state index in [4.69, 9.17) is 10.8 Å². The number of hydrogen-bond acceptors (Lipinski definition) is 5. The zero-order chi connectivity index (χ0) is 13.5. The normalized spacial score (nSPS) is 10.9. The first-order valence-corrected chi connectivity index (χ1v) is 6.55. The maximum absolute atomic E-state index is 8.70. The largest absolute Gasteiger partial charge is 0.396 e. The molecule has 4 N–H and O–H groups in total. The van der Waals surface area contributed by atoms with Crippen LogP contribution in [0.1, 0.15) is 50.4 Å². The van der Waals surface area contributed by atoms with Crippen molar-refractivity contribution in [3.63, 3.8) is 0 Å². The molecule has 0 unspecified atom stereocenters. The highest BCUT2D eigenvalue weighted by Gasteiger charge is 2.10. The van der Waals surface area contributed by atoms with E-state index in [1.807, 2.05) is 6.92 Å². The van der Waals surface area contributed by atoms with Crippen LogP contribution in [0.4, 0.5) is 11.6 Å². The minimum Gasteiger partial charge on any atom is -0.396 e. The van der Waals surface area contributed by atoms with Gasteiger partial charge in [-0.1, -0.05) is 13.8 Å². The standard InChI is InChI=1S/C13H24N4O/c1-9(2)12-16-11(14)10(3)13(17-12)15-7-5-4-6-8-18/h9,18H,4-8H2,1-3H3,(H3,14,15,16,17). The summed E-state index contributed by atoms with van der Waals surface area (Å²) in [5.74, 6) is 2.42. The number of nitrogen functional groups attached to an aromatic ring is 1. The third-order valence-electron chi connectivity index (χ3n) is 2.84. The van der Waals surface area contributed by atoms with E-state index in [0.717, 1.165) is 43.0 Å². The number of nitrogens with one attached hydrogen (secondary N) is 1. The Labute approximate surface area is 109 Å². The molecule has 102 valence electrons. The third-order valence-corrected chi connectivity index (χ3v) is 2.84. The van der Waals surface area contributed by atoms with Gasteiger partial charge in [0, 0.05) is 24.6 Å². The van der Waals surface area contributed by atoms with E-state index in [9.17, 15) is 0 Å². The number of rotatable bonds is 7. The Morgan fingerprint density at radius 3 is 2.56 bits per heavy atom. The van der Waals surface area contributed by atoms with Crippen LogP contribution in [-0.4, -0.2) is 28.2 Å². The second kappa shape index (κ2) is 7.16. The van der Waals surface area contributed by atoms with Gasteiger partial charge in [-0.05, 0) is 26.2 Å². The van der Waals surface area contributed by atoms with E-state index in [1.54, 1.807) is 0 Å². The number of nitrogens with zero attached hydrogens (tertiary/aromatic N) is 2. The predicted molar refractivity (Wildman–Crippen MR) is 74.7 cm³/mol. The van der Waals surface area contributed by atoms with Gasteiger partial charge in [0.15, 0.2) is 0 Å². The summed E-state index contributed by atoms with van der Waals surface area (Å²) in [5.41, 5.74) is 6.79. The van der Waals surface area contributed by atoms with Crippen molar-refractivity contribution in [1.29, 1.82) is 0 Å². The lowest BCUT2D eigenvalue weighted by atomic mass is 10.2. The van der Waals surface area contributed by atoms with Crippen LogP contribution in [0, 0.1) is 6.92 Å². The van der Waals surface area contributed by atoms with Gasteiger partial charge >= 0.3 is 0 Å². The van der Waals surface area contributed by atoms with Crippen molar-refractivity contribution in [2.24, 2.45) is 0 Å². The van der Waals surface area contributed by atoms with Crippen LogP contribution in [0.25, 0.3) is 0 Å². The second-order valence-electron chi connectivity index (χ2n) is 4.81. The molecule has 0 aliphatic carbocycles. The van der Waals surface area contributed by atoms with E-state index < -0.39 is 0 Å². The molecule has 0 aromatic carbocycles. The van der Waals surface area contributed by atoms with Crippen molar-refractivity contribution >= 4 is 11.6 Å². The highest BCUT2D eigenvalue weighted by Crippen LogP contribution is 2.20. The third kappa shape index (κ3) is 4.14. The van der Waals surface area contributed by atoms with Crippen LogP contribution in [-0.2, 0) is 0 Å². The summed E-state index contributed by atoms with van der Waals surface area (Å²) in [5, 5.41) is 12.0. The molecule has 1 aromatic heterocycles. The van der Waals surface area contributed by atoms with Crippen molar-refractivity contribution in [3.8, 4) is 0 Å². The molecule has 0 atom stereocenters. The van der Waals surface area contributed by atoms with Gasteiger partial charge in [0.1, 0.15) is 17.5 Å². The van der Waals surface area contributed by atoms with Gasteiger partial charge in [0.25, 0.3) is 0 Å². The summed E-state index contributed by atoms with van der Waals surface area (Å²) in [6.45, 7) is 7.13. The molecule has 0 saturated heterocycles. The van der Waals surface area contributed by atoms with Crippen LogP contribution >= 0.6 is 0 Å². The van der Waals surface area contributed by atoms with E-state index in [1.165, 1.54) is 0 Å². The van der Waals surface area contributed by atoms with Crippen LogP contribution < -0.4 is 11.1 Å². The molecule has 0 radical (unpaired) electrons. The maximum Gasteiger partial charge on any atom is 0.135 e. The summed E-state index contributed by atoms with van der Waals surface area (Å²) in [6.07, 6.45) is 2.88. The van der Waals surface area contributed by atoms with E-state index in [0.29, 0.717) is 5.82 Å². The van der Waals surface area contributed by atoms with Crippen molar-refractivity contribution in [2.45, 2.75) is 46.0 Å². The Hall–Kier alpha value is -1.36. The number of aliphatic hydroxyl groups excluding tert-OH is 1. The number of anilines is 2. The molecule has 0 aliphatic heterocycles. The number of nitrogens with two attached hydrogens (primary N) is 1. The van der Waals surface area contributed by atoms with Gasteiger partial charge in [-0.15, -0.1) is 0 Å². The fourth-order valence-corrected chi connectivity index (χ4v) is 1.60. The lowest BCUT2D eigenvalue weighted by Crippen LogP contribution is -2.11. The highest BCUT2D eigenvalue weighted by molar-refractivity contribution is 5.54. The van der Waals surface area contributed by atoms with Crippen molar-refractivity contribution in [2.75, 3.05) is 24.2 Å². The Kier molecular flexibility index (Phi) is 5.85. The average Bonchev–Trinajstić information content (AvgIpc) is 2.33. The van der Waals surface area contributed by atoms with Gasteiger partial charge in [-0.2, -0.15) is 0 Å². The van der Waals surface area contributed by atoms with E-state index >= 15 is 0 Å². The van der Waals surface area contributed by atoms with E-state index in [2.05, 4.69) is 29.1 Å². The van der Waals surface area contributed by atoms with Crippen molar-refractivity contribution in [3.05, 3.63) is 11.4 Å². The van der Waals surface area contributed by atoms with E-state index in [-0.39, 0.29) is 12.5 Å². The zero-order valence-electron chi connectivity index (χ0n) is 11.5. The molecular weight excluding hydrogens is 228 g/mol. The fraction of sp³-hybridized carbons (Fsp3) is 0.692. The SMILES string of the molecule is Cc1c(N)nc(C(C)C)nc1NCCCCCO. The molecule has 5 nitrogen and oxygen atoms in total. The summed E-state index contributed by atoms with van der Waals surface area (Å²) < 4.78 is 0. The van der Waals surface area contributed by atoms with Crippen LogP contribution in [0.5, 0.6) is 0 Å². The molecular formula is C13H24N4O. The number of aliphatic hydroxyl groups is 1. The molecule has 0 saturated carbocycles. The molecule has 1 heterocycles. The van der Waals surface area contributed by atoms with Crippen molar-refractivity contribution in [1.82, 2.24) is 9.97 Å². The Morgan fingerprint density at radius 2 is 1.94 bits per heavy atom. The summed E-state index contributed by atoms with van der Waals surface area (Å²) >= 11 is 0. The number of unbranched alkanes of at least 4 members (excludes halogenated alkanes) is 2. The van der Waals surface area contributed by atoms with Gasteiger partial charge in [0.2, 0.25) is 0 Å². The Morgan fingerprint density at radius 1 is 1.22 bits per heavy atom. The fourth-order valence-electron chi connectivity index (χ4n) is 1.60. The maximum atomic E-state index is 8.70. The monoisotopic (exact) mass is 252 g/mol. The highest BCUT2D eigenvalue weighted by atomic mass is 16.2. The first kappa shape index (κ1) is 14.7. The lowest BCUT2D eigenvalue weighted by Gasteiger charge is -2.13. The number of aromatic nitrogens is 2.